The van der Waals surface area contributed by atoms with Crippen molar-refractivity contribution in [2.45, 2.75) is 120 Å². The lowest BCUT2D eigenvalue weighted by Gasteiger charge is -2.30. The van der Waals surface area contributed by atoms with Gasteiger partial charge in [-0.2, -0.15) is 0 Å². The maximum atomic E-state index is 14.7. The van der Waals surface area contributed by atoms with Crippen molar-refractivity contribution >= 4 is 69.2 Å². The molecule has 23 heteroatoms. The number of carboxylic acids is 1. The van der Waals surface area contributed by atoms with Gasteiger partial charge in [0.2, 0.25) is 35.4 Å². The highest BCUT2D eigenvalue weighted by molar-refractivity contribution is 5.98. The van der Waals surface area contributed by atoms with Crippen LogP contribution in [0.3, 0.4) is 0 Å². The number of hydrogen-bond acceptors (Lipinski definition) is 12. The number of likely N-dealkylation sites (tertiary alicyclic amines) is 1. The zero-order valence-corrected chi connectivity index (χ0v) is 38.0. The van der Waals surface area contributed by atoms with Gasteiger partial charge in [0, 0.05) is 60.1 Å². The molecule has 1 saturated heterocycles. The number of fused-ring (bicyclic) bond motifs is 2. The van der Waals surface area contributed by atoms with E-state index < -0.39 is 102 Å². The molecule has 1 aliphatic heterocycles. The maximum Gasteiger partial charge on any atom is 0.328 e. The number of H-pyrrole nitrogens is 2. The minimum Gasteiger partial charge on any atom is -0.480 e. The number of para-hydroxylation sites is 2. The van der Waals surface area contributed by atoms with Gasteiger partial charge >= 0.3 is 5.97 Å². The lowest BCUT2D eigenvalue weighted by atomic mass is 10.0. The number of carbonyl (C=O) groups excluding carboxylic acids is 6. The topological polar surface area (TPSA) is 386 Å². The summed E-state index contributed by atoms with van der Waals surface area (Å²) in [5, 5.41) is 54.8. The summed E-state index contributed by atoms with van der Waals surface area (Å²) in [6.07, 6.45) is -0.621. The second-order valence-electron chi connectivity index (χ2n) is 17.0. The van der Waals surface area contributed by atoms with E-state index in [9.17, 15) is 54.0 Å². The summed E-state index contributed by atoms with van der Waals surface area (Å²) in [5.41, 5.74) is 19.4. The highest BCUT2D eigenvalue weighted by Gasteiger charge is 2.40. The van der Waals surface area contributed by atoms with Crippen LogP contribution in [0, 0.1) is 0 Å². The van der Waals surface area contributed by atoms with Gasteiger partial charge in [0.1, 0.15) is 36.3 Å². The number of aliphatic hydroxyl groups excluding tert-OH is 3. The van der Waals surface area contributed by atoms with Crippen LogP contribution >= 0.6 is 0 Å². The lowest BCUT2D eigenvalue weighted by molar-refractivity contribution is -0.145. The standard InChI is InChI=1S/C45H62N12O11/c1-22(58)35(46)43(66)57-17-9-15-34(57)41(64)55-36(23(2)59)42(65)54-33(19-26-21-51-30-13-7-5-11-28(26)30)40(63)53-32(18-25-20-50-29-12-6-4-10-27(25)29)39(62)52-31(14-8-16-49-45(47)48)38(61)56-37(24(3)60)44(67)68/h4-7,10-13,20-24,31-37,50-51,58-60H,8-9,14-19,46H2,1-3H3,(H,52,62)(H,53,63)(H,54,65)(H,55,64)(H,56,61)(H,67,68)(H4,47,48,49)/t22-,23-,24-,31+,32+,33+,34+,35+,36+,37+/m1/s1. The van der Waals surface area contributed by atoms with E-state index >= 15 is 0 Å². The zero-order chi connectivity index (χ0) is 49.8. The van der Waals surface area contributed by atoms with Crippen LogP contribution in [-0.4, -0.2) is 156 Å². The predicted molar refractivity (Wildman–Crippen MR) is 249 cm³/mol. The number of hydrogen-bond donors (Lipinski definition) is 14. The molecule has 2 aromatic heterocycles. The first-order valence-corrected chi connectivity index (χ1v) is 22.3. The number of amides is 6. The number of benzene rings is 2. The fraction of sp³-hybridized carbons (Fsp3) is 0.467. The van der Waals surface area contributed by atoms with Gasteiger partial charge in [-0.3, -0.25) is 33.8 Å². The number of aliphatic imine (C=N–C) groups is 1. The first-order valence-electron chi connectivity index (χ1n) is 22.3. The van der Waals surface area contributed by atoms with E-state index in [4.69, 9.17) is 17.2 Å². The molecular formula is C45H62N12O11. The molecule has 368 valence electrons. The molecule has 6 amide bonds. The summed E-state index contributed by atoms with van der Waals surface area (Å²) >= 11 is 0. The number of nitrogens with one attached hydrogen (secondary N) is 7. The number of rotatable bonds is 23. The Balaban J connectivity index is 1.47. The zero-order valence-electron chi connectivity index (χ0n) is 38.0. The smallest absolute Gasteiger partial charge is 0.328 e. The van der Waals surface area contributed by atoms with Gasteiger partial charge in [0.05, 0.1) is 18.3 Å². The van der Waals surface area contributed by atoms with E-state index in [1.54, 1.807) is 54.9 Å². The van der Waals surface area contributed by atoms with Crippen LogP contribution in [0.5, 0.6) is 0 Å². The second-order valence-corrected chi connectivity index (χ2v) is 17.0. The van der Waals surface area contributed by atoms with Crippen molar-refractivity contribution in [1.29, 1.82) is 0 Å². The summed E-state index contributed by atoms with van der Waals surface area (Å²) in [5.74, 6) is -6.90. The van der Waals surface area contributed by atoms with Crippen LogP contribution in [-0.2, 0) is 46.4 Å². The Bertz CT molecular complexity index is 2460. The molecule has 17 N–H and O–H groups in total. The van der Waals surface area contributed by atoms with E-state index in [1.807, 2.05) is 6.07 Å². The molecule has 0 aliphatic carbocycles. The number of carboxylic acid groups (broad SMARTS) is 1. The highest BCUT2D eigenvalue weighted by Crippen LogP contribution is 2.23. The average molecular weight is 947 g/mol. The number of aromatic amines is 2. The molecular weight excluding hydrogens is 885 g/mol. The number of nitrogens with two attached hydrogens (primary N) is 3. The Hall–Kier alpha value is -7.08. The molecule has 68 heavy (non-hydrogen) atoms. The summed E-state index contributed by atoms with van der Waals surface area (Å²) in [6, 6.07) is 4.24. The molecule has 5 rings (SSSR count). The molecule has 3 heterocycles. The fourth-order valence-electron chi connectivity index (χ4n) is 8.04. The van der Waals surface area contributed by atoms with Crippen molar-refractivity contribution in [3.63, 3.8) is 0 Å². The molecule has 0 spiro atoms. The third-order valence-corrected chi connectivity index (χ3v) is 11.8. The van der Waals surface area contributed by atoms with E-state index in [2.05, 4.69) is 41.5 Å². The van der Waals surface area contributed by atoms with Gasteiger partial charge in [-0.1, -0.05) is 36.4 Å². The van der Waals surface area contributed by atoms with Crippen LogP contribution in [0.2, 0.25) is 0 Å². The third kappa shape index (κ3) is 13.3. The molecule has 1 aliphatic rings. The SMILES string of the molecule is C[C@@H](O)[C@H](N)C(=O)N1CCC[C@H]1C(=O)N[C@H](C(=O)N[C@@H](Cc1c[nH]c2ccccc12)C(=O)N[C@@H](Cc1c[nH]c2ccccc12)C(=O)N[C@@H](CCCN=C(N)N)C(=O)N[C@H](C(=O)O)[C@@H](C)O)[C@@H](C)O. The molecule has 10 atom stereocenters. The quantitative estimate of drug-likeness (QED) is 0.0207. The van der Waals surface area contributed by atoms with Gasteiger partial charge in [0.15, 0.2) is 12.0 Å². The van der Waals surface area contributed by atoms with Crippen molar-refractivity contribution in [1.82, 2.24) is 41.5 Å². The normalized spacial score (nSPS) is 17.6. The van der Waals surface area contributed by atoms with Gasteiger partial charge in [0.25, 0.3) is 0 Å². The third-order valence-electron chi connectivity index (χ3n) is 11.8. The molecule has 23 nitrogen and oxygen atoms in total. The maximum absolute atomic E-state index is 14.7. The van der Waals surface area contributed by atoms with E-state index in [0.717, 1.165) is 11.0 Å². The van der Waals surface area contributed by atoms with Crippen molar-refractivity contribution in [3.8, 4) is 0 Å². The van der Waals surface area contributed by atoms with Gasteiger partial charge in [-0.15, -0.1) is 0 Å². The minimum atomic E-state index is -1.74. The number of carbonyl (C=O) groups is 7. The summed E-state index contributed by atoms with van der Waals surface area (Å²) in [7, 11) is 0. The molecule has 0 unspecified atom stereocenters. The molecule has 0 radical (unpaired) electrons. The number of guanidine groups is 1. The fourth-order valence-corrected chi connectivity index (χ4v) is 8.04. The molecule has 1 fully saturated rings. The Labute approximate surface area is 391 Å². The monoisotopic (exact) mass is 946 g/mol. The van der Waals surface area contributed by atoms with Crippen molar-refractivity contribution < 1.29 is 54.0 Å². The van der Waals surface area contributed by atoms with Gasteiger partial charge in [-0.05, 0) is 69.7 Å². The van der Waals surface area contributed by atoms with Crippen LogP contribution in [0.15, 0.2) is 65.9 Å². The summed E-state index contributed by atoms with van der Waals surface area (Å²) in [6.45, 7) is 3.97. The Morgan fingerprint density at radius 2 is 1.21 bits per heavy atom. The number of aliphatic carboxylic acids is 1. The van der Waals surface area contributed by atoms with Crippen LogP contribution < -0.4 is 43.8 Å². The Morgan fingerprint density at radius 3 is 1.71 bits per heavy atom. The van der Waals surface area contributed by atoms with E-state index in [0.29, 0.717) is 28.3 Å². The largest absolute Gasteiger partial charge is 0.480 e. The predicted octanol–water partition coefficient (Wildman–Crippen LogP) is -2.54. The van der Waals surface area contributed by atoms with Crippen LogP contribution in [0.1, 0.15) is 57.6 Å². The Morgan fingerprint density at radius 1 is 0.706 bits per heavy atom. The number of aliphatic hydroxyl groups is 3. The van der Waals surface area contributed by atoms with Crippen LogP contribution in [0.4, 0.5) is 0 Å². The van der Waals surface area contributed by atoms with Crippen LogP contribution in [0.25, 0.3) is 21.8 Å². The first kappa shape index (κ1) is 51.9. The second kappa shape index (κ2) is 23.6. The minimum absolute atomic E-state index is 0.0353. The van der Waals surface area contributed by atoms with E-state index in [1.165, 1.54) is 25.7 Å². The molecule has 0 saturated carbocycles. The summed E-state index contributed by atoms with van der Waals surface area (Å²) in [4.78, 5) is 107. The Kier molecular flexibility index (Phi) is 18.0. The molecule has 2 aromatic carbocycles. The van der Waals surface area contributed by atoms with Gasteiger partial charge < -0.3 is 79.1 Å². The average Bonchev–Trinajstić information content (AvgIpc) is 4.06. The van der Waals surface area contributed by atoms with Crippen molar-refractivity contribution in [3.05, 3.63) is 72.1 Å². The number of aromatic nitrogens is 2. The summed E-state index contributed by atoms with van der Waals surface area (Å²) < 4.78 is 0. The molecule has 4 aromatic rings. The van der Waals surface area contributed by atoms with E-state index in [-0.39, 0.29) is 51.2 Å². The highest BCUT2D eigenvalue weighted by atomic mass is 16.4. The molecule has 0 bridgehead atoms. The first-order chi connectivity index (χ1) is 32.3. The lowest BCUT2D eigenvalue weighted by Crippen LogP contribution is -2.62. The number of nitrogens with zero attached hydrogens (tertiary/aromatic N) is 2. The van der Waals surface area contributed by atoms with Gasteiger partial charge in [-0.25, -0.2) is 4.79 Å². The van der Waals surface area contributed by atoms with Crippen molar-refractivity contribution in [2.75, 3.05) is 13.1 Å². The van der Waals surface area contributed by atoms with Crippen molar-refractivity contribution in [2.24, 2.45) is 22.2 Å².